The van der Waals surface area contributed by atoms with E-state index in [0.29, 0.717) is 88.4 Å². The predicted octanol–water partition coefficient (Wildman–Crippen LogP) is 8.83. The number of hydrogen-bond donors (Lipinski definition) is 9. The Labute approximate surface area is 539 Å². The molecule has 4 bridgehead atoms. The second-order valence-electron chi connectivity index (χ2n) is 25.7. The van der Waals surface area contributed by atoms with Crippen molar-refractivity contribution in [3.05, 3.63) is 113 Å². The van der Waals surface area contributed by atoms with Crippen LogP contribution >= 0.6 is 19.7 Å². The van der Waals surface area contributed by atoms with Crippen LogP contribution in [0.25, 0.3) is 21.9 Å². The van der Waals surface area contributed by atoms with E-state index in [0.717, 1.165) is 54.3 Å². The van der Waals surface area contributed by atoms with Crippen molar-refractivity contribution in [2.45, 2.75) is 122 Å². The Bertz CT molecular complexity index is 3620. The van der Waals surface area contributed by atoms with Crippen molar-refractivity contribution in [3.63, 3.8) is 0 Å². The summed E-state index contributed by atoms with van der Waals surface area (Å²) in [7, 11) is 1.33. The van der Waals surface area contributed by atoms with Crippen LogP contribution in [0.4, 0.5) is 21.4 Å². The maximum Gasteiger partial charge on any atom is 0.409 e. The number of nitrogens with one attached hydrogen (secondary N) is 3. The van der Waals surface area contributed by atoms with Crippen LogP contribution in [0.15, 0.2) is 84.0 Å². The second kappa shape index (κ2) is 28.7. The number of nitrogens with two attached hydrogens (primary N) is 1. The van der Waals surface area contributed by atoms with Crippen LogP contribution in [0.5, 0.6) is 11.5 Å². The molecule has 4 saturated carbocycles. The number of carbonyl (C=O) groups is 5. The Morgan fingerprint density at radius 3 is 2.41 bits per heavy atom. The predicted molar refractivity (Wildman–Crippen MR) is 350 cm³/mol. The number of benzene rings is 3. The molecule has 24 nitrogen and oxygen atoms in total. The largest absolute Gasteiger partial charge is 0.493 e. The summed E-state index contributed by atoms with van der Waals surface area (Å²) in [5, 5.41) is 39.8. The van der Waals surface area contributed by atoms with Crippen molar-refractivity contribution in [1.29, 1.82) is 0 Å². The molecule has 5 unspecified atom stereocenters. The first kappa shape index (κ1) is 67.3. The number of thiazole rings is 1. The lowest BCUT2D eigenvalue weighted by atomic mass is 9.39. The van der Waals surface area contributed by atoms with E-state index in [4.69, 9.17) is 39.4 Å². The third-order valence-electron chi connectivity index (χ3n) is 17.9. The molecule has 2 aromatic heterocycles. The number of aromatic nitrogens is 2. The molecule has 10 N–H and O–H groups in total. The van der Waals surface area contributed by atoms with Crippen LogP contribution in [-0.4, -0.2) is 166 Å². The van der Waals surface area contributed by atoms with E-state index in [1.165, 1.54) is 22.4 Å². The van der Waals surface area contributed by atoms with Crippen LogP contribution in [0, 0.1) is 16.2 Å². The zero-order chi connectivity index (χ0) is 65.5. The Balaban J connectivity index is 0.772. The van der Waals surface area contributed by atoms with Gasteiger partial charge in [0.15, 0.2) is 25.3 Å². The summed E-state index contributed by atoms with van der Waals surface area (Å²) in [6, 6.07) is 19.6. The lowest BCUT2D eigenvalue weighted by Gasteiger charge is -2.69. The molecule has 3 amide bonds. The third-order valence-corrected chi connectivity index (χ3v) is 19.6. The van der Waals surface area contributed by atoms with Gasteiger partial charge in [-0.3, -0.25) is 19.9 Å². The van der Waals surface area contributed by atoms with Gasteiger partial charge in [-0.15, -0.1) is 0 Å². The van der Waals surface area contributed by atoms with Crippen molar-refractivity contribution in [3.8, 4) is 11.5 Å². The molecule has 0 radical (unpaired) electrons. The van der Waals surface area contributed by atoms with Gasteiger partial charge in [0.2, 0.25) is 12.2 Å². The number of aromatic carboxylic acids is 1. The summed E-state index contributed by atoms with van der Waals surface area (Å²) in [5.41, 5.74) is 10.4. The molecule has 5 fully saturated rings. The smallest absolute Gasteiger partial charge is 0.409 e. The minimum atomic E-state index is -2.06. The summed E-state index contributed by atoms with van der Waals surface area (Å²) in [5.74, 6) is -1.91. The molecular formula is C66H82N9O15PS. The van der Waals surface area contributed by atoms with Crippen LogP contribution in [-0.2, 0) is 36.8 Å². The highest BCUT2D eigenvalue weighted by Crippen LogP contribution is 2.71. The first-order chi connectivity index (χ1) is 44.0. The standard InChI is InChI=1S/C66H82N9O15PS/c1-40(46(31-67)44-15-18-54(72-57(44)60(81)82)75-22-20-43-47(32-75)45(14-17-50(43)86-25-9-27-91(84)85)58(78)73-61-71-48-11-6-7-12-53(48)92-61)69-39-65-34-63(2)33-64(3,35-65)37-66(36-63,38-65)88-26-23-74(5)62(83)87-24-8-10-41-13-16-51(49(28-41)70-55(77)19-21-68-4)89-56-30-42(76)29-52(90-56)59(79)80/h6-8,10-18,28,31,42,52,56,68,76,84-85H,9,19-27,29-30,32-39,67H2,1-5H3,(H,70,77)(H,79,80)(H,81,82)(H,71,73,78)/b10-8+,46-31?,69-40?. The lowest BCUT2D eigenvalue weighted by Crippen LogP contribution is -2.64. The van der Waals surface area contributed by atoms with Crippen LogP contribution in [0.2, 0.25) is 0 Å². The Morgan fingerprint density at radius 2 is 1.68 bits per heavy atom. The molecule has 92 heavy (non-hydrogen) atoms. The first-order valence-electron chi connectivity index (χ1n) is 31.0. The molecule has 492 valence electrons. The topological polar surface area (TPSA) is 339 Å². The molecule has 26 heteroatoms. The quantitative estimate of drug-likeness (QED) is 0.0135. The highest BCUT2D eigenvalue weighted by atomic mass is 32.1. The maximum absolute atomic E-state index is 14.1. The van der Waals surface area contributed by atoms with Crippen LogP contribution in [0.1, 0.15) is 128 Å². The number of nitrogens with zero attached hydrogens (tertiary/aromatic N) is 5. The Morgan fingerprint density at radius 1 is 0.924 bits per heavy atom. The van der Waals surface area contributed by atoms with Gasteiger partial charge in [-0.2, -0.15) is 0 Å². The molecule has 1 saturated heterocycles. The number of ether oxygens (including phenoxy) is 5. The Hall–Kier alpha value is -7.61. The molecule has 2 aliphatic heterocycles. The average molecular weight is 1300 g/mol. The van der Waals surface area contributed by atoms with Crippen LogP contribution < -0.4 is 36.1 Å². The first-order valence-corrected chi connectivity index (χ1v) is 33.2. The van der Waals surface area contributed by atoms with Gasteiger partial charge in [0, 0.05) is 99.4 Å². The number of amides is 3. The zero-order valence-electron chi connectivity index (χ0n) is 52.4. The van der Waals surface area contributed by atoms with E-state index >= 15 is 0 Å². The highest BCUT2D eigenvalue weighted by Gasteiger charge is 2.66. The number of aliphatic hydroxyl groups excluding tert-OH is 1. The highest BCUT2D eigenvalue weighted by molar-refractivity contribution is 7.45. The number of aliphatic hydroxyl groups is 1. The number of hydrogen-bond acceptors (Lipinski definition) is 20. The van der Waals surface area contributed by atoms with Gasteiger partial charge in [0.05, 0.1) is 40.8 Å². The van der Waals surface area contributed by atoms with Crippen molar-refractivity contribution in [2.75, 3.05) is 81.8 Å². The maximum atomic E-state index is 14.1. The van der Waals surface area contributed by atoms with Crippen LogP contribution in [0.3, 0.4) is 0 Å². The van der Waals surface area contributed by atoms with Crippen molar-refractivity contribution < 1.29 is 72.8 Å². The number of anilines is 3. The third kappa shape index (κ3) is 16.1. The molecule has 6 aliphatic rings. The molecule has 4 aliphatic carbocycles. The number of likely N-dealkylation sites (N-methyl/N-ethyl adjacent to an activating group) is 1. The monoisotopic (exact) mass is 1300 g/mol. The van der Waals surface area contributed by atoms with Gasteiger partial charge < -0.3 is 75.0 Å². The number of aliphatic carboxylic acids is 1. The molecule has 5 aromatic rings. The average Bonchev–Trinajstić information content (AvgIpc) is 0.789. The summed E-state index contributed by atoms with van der Waals surface area (Å²) >= 11 is 1.37. The minimum Gasteiger partial charge on any atom is -0.493 e. The van der Waals surface area contributed by atoms with Crippen molar-refractivity contribution >= 4 is 93.8 Å². The zero-order valence-corrected chi connectivity index (χ0v) is 54.2. The molecule has 0 spiro atoms. The number of pyridine rings is 1. The van der Waals surface area contributed by atoms with Gasteiger partial charge in [-0.05, 0) is 147 Å². The van der Waals surface area contributed by atoms with Crippen molar-refractivity contribution in [1.82, 2.24) is 20.2 Å². The Kier molecular flexibility index (Phi) is 21.0. The minimum absolute atomic E-state index is 0.0199. The number of allylic oxidation sites excluding steroid dienone is 1. The number of carbonyl (C=O) groups excluding carboxylic acids is 3. The number of para-hydroxylation sites is 1. The summed E-state index contributed by atoms with van der Waals surface area (Å²) < 4.78 is 31.2. The molecule has 4 heterocycles. The lowest BCUT2D eigenvalue weighted by molar-refractivity contribution is -0.242. The van der Waals surface area contributed by atoms with E-state index in [-0.39, 0.29) is 97.8 Å². The molecule has 3 aromatic carbocycles. The fourth-order valence-corrected chi connectivity index (χ4v) is 16.3. The second-order valence-corrected chi connectivity index (χ2v) is 28.0. The van der Waals surface area contributed by atoms with E-state index in [1.54, 1.807) is 68.7 Å². The van der Waals surface area contributed by atoms with E-state index in [9.17, 15) is 49.1 Å². The van der Waals surface area contributed by atoms with E-state index in [2.05, 4.69) is 34.8 Å². The van der Waals surface area contributed by atoms with Gasteiger partial charge >= 0.3 is 18.0 Å². The van der Waals surface area contributed by atoms with Crippen molar-refractivity contribution in [2.24, 2.45) is 27.0 Å². The number of carboxylic acids is 2. The number of carboxylic acid groups (broad SMARTS) is 2. The SMILES string of the molecule is CNCCC(=O)Nc1cc(/C=C/COC(=O)N(C)CCOC23CC4(C)CC(C)(CC(CN=C(C)C(=CN)c5ccc(N6CCc7c(OCCCP(O)O)ccc(C(=O)Nc8nc9ccccc9s8)c7C6)nc5C(=O)O)(C4)C2)C3)ccc1OC1CC(O)CC(C(=O)O)O1. The van der Waals surface area contributed by atoms with Gasteiger partial charge in [-0.1, -0.05) is 49.5 Å². The fourth-order valence-electron chi connectivity index (χ4n) is 15.0. The molecule has 11 rings (SSSR count). The fraction of sp³-hybridized carbons (Fsp3) is 0.485. The molecule has 5 atom stereocenters. The summed E-state index contributed by atoms with van der Waals surface area (Å²) in [6.07, 6.45) is 7.66. The molecular weight excluding hydrogens is 1220 g/mol. The number of rotatable bonds is 27. The van der Waals surface area contributed by atoms with Gasteiger partial charge in [0.25, 0.3) is 5.91 Å². The van der Waals surface area contributed by atoms with Gasteiger partial charge in [-0.25, -0.2) is 24.4 Å². The van der Waals surface area contributed by atoms with Gasteiger partial charge in [0.1, 0.15) is 23.9 Å². The normalized spacial score (nSPS) is 24.4. The number of aliphatic imine (C=N–C) groups is 1. The van der Waals surface area contributed by atoms with E-state index < -0.39 is 50.5 Å². The summed E-state index contributed by atoms with van der Waals surface area (Å²) in [4.78, 5) is 102. The number of fused-ring (bicyclic) bond motifs is 2. The van der Waals surface area contributed by atoms with E-state index in [1.807, 2.05) is 36.1 Å². The summed E-state index contributed by atoms with van der Waals surface area (Å²) in [6.45, 7) is 8.81.